The summed E-state index contributed by atoms with van der Waals surface area (Å²) < 4.78 is 18.8. The maximum Gasteiger partial charge on any atom is 0.244 e. The molecule has 0 saturated carbocycles. The number of likely N-dealkylation sites (tertiary alicyclic amines) is 1. The minimum Gasteiger partial charge on any atom is -0.493 e. The molecule has 4 atom stereocenters. The standard InChI is InChI=1S/C27H31N3O5/c1-27(2)17-13-20-21(34-25(17)16-7-6-10-22(33-3)26(16)35-27)11-12-29(20)15-24(32)30-14-23(31)28-18-8-4-5-9-19(18)30/h4-10,17,20-21,25H,11-15H2,1-3H3,(H,28,31)/t17-,20+,21-,25+/m0/s1. The third-order valence-corrected chi connectivity index (χ3v) is 7.99. The van der Waals surface area contributed by atoms with Crippen molar-refractivity contribution in [3.8, 4) is 11.5 Å². The van der Waals surface area contributed by atoms with Crippen LogP contribution < -0.4 is 19.7 Å². The van der Waals surface area contributed by atoms with Crippen molar-refractivity contribution in [3.63, 3.8) is 0 Å². The molecule has 4 heterocycles. The minimum absolute atomic E-state index is 0.0401. The number of benzene rings is 2. The molecule has 0 radical (unpaired) electrons. The number of methoxy groups -OCH3 is 1. The number of nitrogens with one attached hydrogen (secondary N) is 1. The highest BCUT2D eigenvalue weighted by Gasteiger charge is 2.53. The van der Waals surface area contributed by atoms with E-state index in [0.29, 0.717) is 5.69 Å². The van der Waals surface area contributed by atoms with E-state index in [1.165, 1.54) is 0 Å². The Morgan fingerprint density at radius 3 is 2.86 bits per heavy atom. The fourth-order valence-electron chi connectivity index (χ4n) is 6.23. The third-order valence-electron chi connectivity index (χ3n) is 7.99. The Labute approximate surface area is 205 Å². The predicted octanol–water partition coefficient (Wildman–Crippen LogP) is 3.37. The second-order valence-corrected chi connectivity index (χ2v) is 10.4. The van der Waals surface area contributed by atoms with Crippen LogP contribution in [-0.4, -0.2) is 61.2 Å². The zero-order valence-electron chi connectivity index (χ0n) is 20.3. The summed E-state index contributed by atoms with van der Waals surface area (Å²) in [6.45, 7) is 5.30. The molecule has 2 aromatic carbocycles. The van der Waals surface area contributed by atoms with Crippen LogP contribution in [-0.2, 0) is 14.3 Å². The fourth-order valence-corrected chi connectivity index (χ4v) is 6.23. The van der Waals surface area contributed by atoms with Crippen molar-refractivity contribution in [1.82, 2.24) is 4.90 Å². The molecule has 35 heavy (non-hydrogen) atoms. The van der Waals surface area contributed by atoms with Crippen LogP contribution in [0.2, 0.25) is 0 Å². The van der Waals surface area contributed by atoms with Gasteiger partial charge in [0.15, 0.2) is 11.5 Å². The summed E-state index contributed by atoms with van der Waals surface area (Å²) in [5.74, 6) is 1.40. The van der Waals surface area contributed by atoms with E-state index >= 15 is 0 Å². The van der Waals surface area contributed by atoms with E-state index in [2.05, 4.69) is 30.1 Å². The number of hydrogen-bond acceptors (Lipinski definition) is 6. The molecule has 2 aromatic rings. The molecule has 6 rings (SSSR count). The van der Waals surface area contributed by atoms with Gasteiger partial charge in [0.25, 0.3) is 0 Å². The monoisotopic (exact) mass is 477 g/mol. The molecule has 4 aliphatic heterocycles. The average molecular weight is 478 g/mol. The first kappa shape index (κ1) is 22.4. The van der Waals surface area contributed by atoms with Gasteiger partial charge in [-0.15, -0.1) is 0 Å². The summed E-state index contributed by atoms with van der Waals surface area (Å²) in [6, 6.07) is 13.5. The molecule has 0 bridgehead atoms. The Kier molecular flexibility index (Phi) is 5.27. The summed E-state index contributed by atoms with van der Waals surface area (Å²) in [4.78, 5) is 29.5. The number of amides is 2. The van der Waals surface area contributed by atoms with Gasteiger partial charge in [0.1, 0.15) is 12.1 Å². The second kappa shape index (κ2) is 8.24. The number of carbonyl (C=O) groups is 2. The van der Waals surface area contributed by atoms with E-state index in [0.717, 1.165) is 42.1 Å². The fraction of sp³-hybridized carbons (Fsp3) is 0.481. The highest BCUT2D eigenvalue weighted by atomic mass is 16.5. The normalized spacial score (nSPS) is 28.7. The van der Waals surface area contributed by atoms with Gasteiger partial charge < -0.3 is 19.5 Å². The van der Waals surface area contributed by atoms with Gasteiger partial charge in [-0.25, -0.2) is 0 Å². The molecule has 2 saturated heterocycles. The molecule has 2 fully saturated rings. The zero-order chi connectivity index (χ0) is 24.3. The van der Waals surface area contributed by atoms with Gasteiger partial charge >= 0.3 is 0 Å². The van der Waals surface area contributed by atoms with Gasteiger partial charge in [0.05, 0.1) is 37.2 Å². The summed E-state index contributed by atoms with van der Waals surface area (Å²) in [5.41, 5.74) is 2.02. The first-order valence-electron chi connectivity index (χ1n) is 12.3. The van der Waals surface area contributed by atoms with Crippen molar-refractivity contribution >= 4 is 23.2 Å². The van der Waals surface area contributed by atoms with Gasteiger partial charge in [-0.05, 0) is 44.9 Å². The lowest BCUT2D eigenvalue weighted by Crippen LogP contribution is -2.55. The quantitative estimate of drug-likeness (QED) is 0.730. The van der Waals surface area contributed by atoms with Crippen LogP contribution in [0.3, 0.4) is 0 Å². The van der Waals surface area contributed by atoms with E-state index in [1.807, 2.05) is 36.4 Å². The zero-order valence-corrected chi connectivity index (χ0v) is 20.3. The molecular formula is C27H31N3O5. The Hall–Kier alpha value is -3.10. The second-order valence-electron chi connectivity index (χ2n) is 10.4. The van der Waals surface area contributed by atoms with Crippen molar-refractivity contribution in [1.29, 1.82) is 0 Å². The number of ether oxygens (including phenoxy) is 3. The van der Waals surface area contributed by atoms with Gasteiger partial charge in [-0.1, -0.05) is 24.3 Å². The molecule has 4 aliphatic rings. The van der Waals surface area contributed by atoms with E-state index in [-0.39, 0.29) is 49.1 Å². The molecule has 2 amide bonds. The molecular weight excluding hydrogens is 446 g/mol. The number of carbonyl (C=O) groups excluding carboxylic acids is 2. The van der Waals surface area contributed by atoms with Crippen LogP contribution in [0.5, 0.6) is 11.5 Å². The Bertz CT molecular complexity index is 1180. The van der Waals surface area contributed by atoms with Crippen molar-refractivity contribution in [3.05, 3.63) is 48.0 Å². The minimum atomic E-state index is -0.445. The highest BCUT2D eigenvalue weighted by molar-refractivity contribution is 6.10. The Morgan fingerprint density at radius 1 is 1.20 bits per heavy atom. The number of rotatable bonds is 3. The molecule has 8 heteroatoms. The number of hydrogen-bond donors (Lipinski definition) is 1. The van der Waals surface area contributed by atoms with E-state index < -0.39 is 5.60 Å². The van der Waals surface area contributed by atoms with Crippen molar-refractivity contribution in [2.45, 2.75) is 50.5 Å². The van der Waals surface area contributed by atoms with E-state index in [1.54, 1.807) is 12.0 Å². The number of anilines is 2. The molecule has 8 nitrogen and oxygen atoms in total. The lowest BCUT2D eigenvalue weighted by molar-refractivity contribution is -0.163. The van der Waals surface area contributed by atoms with Gasteiger partial charge in [-0.3, -0.25) is 19.4 Å². The number of para-hydroxylation sites is 3. The molecule has 0 unspecified atom stereocenters. The molecule has 0 spiro atoms. The summed E-state index contributed by atoms with van der Waals surface area (Å²) in [7, 11) is 1.66. The Morgan fingerprint density at radius 2 is 2.03 bits per heavy atom. The van der Waals surface area contributed by atoms with E-state index in [9.17, 15) is 9.59 Å². The molecule has 0 aliphatic carbocycles. The van der Waals surface area contributed by atoms with Crippen LogP contribution in [0.1, 0.15) is 38.4 Å². The van der Waals surface area contributed by atoms with E-state index in [4.69, 9.17) is 14.2 Å². The maximum atomic E-state index is 13.4. The van der Waals surface area contributed by atoms with Crippen molar-refractivity contribution < 1.29 is 23.8 Å². The lowest BCUT2D eigenvalue weighted by Gasteiger charge is -2.51. The van der Waals surface area contributed by atoms with Crippen LogP contribution in [0, 0.1) is 5.92 Å². The Balaban J connectivity index is 1.23. The predicted molar refractivity (Wildman–Crippen MR) is 131 cm³/mol. The van der Waals surface area contributed by atoms with Crippen LogP contribution in [0.25, 0.3) is 0 Å². The lowest BCUT2D eigenvalue weighted by atomic mass is 9.74. The first-order valence-corrected chi connectivity index (χ1v) is 12.3. The molecule has 1 N–H and O–H groups in total. The molecule has 0 aromatic heterocycles. The maximum absolute atomic E-state index is 13.4. The van der Waals surface area contributed by atoms with Crippen molar-refractivity contribution in [2.24, 2.45) is 5.92 Å². The van der Waals surface area contributed by atoms with Crippen LogP contribution >= 0.6 is 0 Å². The van der Waals surface area contributed by atoms with Gasteiger partial charge in [0, 0.05) is 24.1 Å². The summed E-state index contributed by atoms with van der Waals surface area (Å²) in [6.07, 6.45) is 1.73. The summed E-state index contributed by atoms with van der Waals surface area (Å²) >= 11 is 0. The van der Waals surface area contributed by atoms with Crippen molar-refractivity contribution in [2.75, 3.05) is 37.0 Å². The largest absolute Gasteiger partial charge is 0.493 e. The average Bonchev–Trinajstić information content (AvgIpc) is 3.23. The topological polar surface area (TPSA) is 80.3 Å². The highest BCUT2D eigenvalue weighted by Crippen LogP contribution is 2.54. The van der Waals surface area contributed by atoms with Gasteiger partial charge in [0.2, 0.25) is 11.8 Å². The smallest absolute Gasteiger partial charge is 0.244 e. The van der Waals surface area contributed by atoms with Crippen LogP contribution in [0.4, 0.5) is 11.4 Å². The van der Waals surface area contributed by atoms with Crippen LogP contribution in [0.15, 0.2) is 42.5 Å². The summed E-state index contributed by atoms with van der Waals surface area (Å²) in [5, 5.41) is 2.85. The SMILES string of the molecule is COc1cccc2c1OC(C)(C)[C@H]1C[C@@H]3[C@H](CCN3CC(=O)N3CC(=O)Nc4ccccc43)O[C@H]21. The number of nitrogens with zero attached hydrogens (tertiary/aromatic N) is 2. The number of fused-ring (bicyclic) bond motifs is 5. The first-order chi connectivity index (χ1) is 16.9. The van der Waals surface area contributed by atoms with Gasteiger partial charge in [-0.2, -0.15) is 0 Å². The third kappa shape index (κ3) is 3.67. The molecule has 184 valence electrons.